The second-order valence-corrected chi connectivity index (χ2v) is 5.10. The largest absolute Gasteiger partial charge is 0.490 e. The molecule has 4 heteroatoms. The Morgan fingerprint density at radius 1 is 1.56 bits per heavy atom. The number of ether oxygens (including phenoxy) is 1. The zero-order chi connectivity index (χ0) is 13.2. The molecular formula is C14H17FN2O. The Morgan fingerprint density at radius 2 is 2.28 bits per heavy atom. The maximum Gasteiger partial charge on any atom is 0.165 e. The molecule has 1 atom stereocenters. The summed E-state index contributed by atoms with van der Waals surface area (Å²) in [7, 11) is 0. The molecule has 1 aromatic rings. The lowest BCUT2D eigenvalue weighted by Crippen LogP contribution is -2.13. The lowest BCUT2D eigenvalue weighted by atomic mass is 10.1. The van der Waals surface area contributed by atoms with Crippen LogP contribution in [-0.4, -0.2) is 6.61 Å². The lowest BCUT2D eigenvalue weighted by Gasteiger charge is -2.14. The average molecular weight is 248 g/mol. The minimum atomic E-state index is -0.391. The van der Waals surface area contributed by atoms with Gasteiger partial charge in [0.15, 0.2) is 11.6 Å². The fraction of sp³-hybridized carbons (Fsp3) is 0.500. The van der Waals surface area contributed by atoms with E-state index < -0.39 is 5.82 Å². The molecule has 0 aliphatic heterocycles. The fourth-order valence-electron chi connectivity index (χ4n) is 1.86. The van der Waals surface area contributed by atoms with Gasteiger partial charge in [0.05, 0.1) is 12.7 Å². The Hall–Kier alpha value is -1.60. The number of rotatable bonds is 5. The molecule has 0 amide bonds. The van der Waals surface area contributed by atoms with Crippen LogP contribution in [0.2, 0.25) is 0 Å². The SMILES string of the molecule is C[C@@H](N)c1ccc(OCC2(CC#N)CC2)c(F)c1. The van der Waals surface area contributed by atoms with Crippen LogP contribution >= 0.6 is 0 Å². The van der Waals surface area contributed by atoms with Crippen molar-refractivity contribution in [2.45, 2.75) is 32.2 Å². The second kappa shape index (κ2) is 4.95. The summed E-state index contributed by atoms with van der Waals surface area (Å²) in [4.78, 5) is 0. The van der Waals surface area contributed by atoms with Crippen molar-refractivity contribution in [3.63, 3.8) is 0 Å². The van der Waals surface area contributed by atoms with Crippen molar-refractivity contribution in [3.05, 3.63) is 29.6 Å². The molecule has 3 nitrogen and oxygen atoms in total. The molecule has 0 aromatic heterocycles. The van der Waals surface area contributed by atoms with Gasteiger partial charge in [0, 0.05) is 17.9 Å². The van der Waals surface area contributed by atoms with Gasteiger partial charge in [-0.15, -0.1) is 0 Å². The van der Waals surface area contributed by atoms with E-state index in [0.29, 0.717) is 13.0 Å². The number of hydrogen-bond donors (Lipinski definition) is 1. The number of halogens is 1. The Bertz CT molecular complexity index is 475. The van der Waals surface area contributed by atoms with Gasteiger partial charge >= 0.3 is 0 Å². The van der Waals surface area contributed by atoms with Crippen molar-refractivity contribution in [1.29, 1.82) is 5.26 Å². The lowest BCUT2D eigenvalue weighted by molar-refractivity contribution is 0.227. The summed E-state index contributed by atoms with van der Waals surface area (Å²) < 4.78 is 19.2. The van der Waals surface area contributed by atoms with Gasteiger partial charge in [0.1, 0.15) is 0 Å². The molecule has 1 fully saturated rings. The van der Waals surface area contributed by atoms with Gasteiger partial charge in [-0.2, -0.15) is 5.26 Å². The van der Waals surface area contributed by atoms with Crippen molar-refractivity contribution in [3.8, 4) is 11.8 Å². The van der Waals surface area contributed by atoms with E-state index in [4.69, 9.17) is 15.7 Å². The third-order valence-corrected chi connectivity index (χ3v) is 3.43. The zero-order valence-corrected chi connectivity index (χ0v) is 10.4. The van der Waals surface area contributed by atoms with Crippen molar-refractivity contribution in [1.82, 2.24) is 0 Å². The maximum absolute atomic E-state index is 13.7. The highest BCUT2D eigenvalue weighted by atomic mass is 19.1. The molecule has 18 heavy (non-hydrogen) atoms. The number of nitrogens with two attached hydrogens (primary N) is 1. The third-order valence-electron chi connectivity index (χ3n) is 3.43. The van der Waals surface area contributed by atoms with Crippen LogP contribution in [0.15, 0.2) is 18.2 Å². The third kappa shape index (κ3) is 2.80. The molecule has 0 saturated heterocycles. The monoisotopic (exact) mass is 248 g/mol. The summed E-state index contributed by atoms with van der Waals surface area (Å²) in [5.74, 6) is -0.152. The van der Waals surface area contributed by atoms with E-state index in [1.54, 1.807) is 19.1 Å². The van der Waals surface area contributed by atoms with Crippen molar-refractivity contribution in [2.24, 2.45) is 11.1 Å². The number of benzene rings is 1. The Balaban J connectivity index is 2.00. The molecule has 96 valence electrons. The zero-order valence-electron chi connectivity index (χ0n) is 10.4. The van der Waals surface area contributed by atoms with Crippen molar-refractivity contribution in [2.75, 3.05) is 6.61 Å². The molecule has 1 aliphatic rings. The Labute approximate surface area is 106 Å². The van der Waals surface area contributed by atoms with Gasteiger partial charge in [-0.25, -0.2) is 4.39 Å². The van der Waals surface area contributed by atoms with E-state index in [2.05, 4.69) is 6.07 Å². The summed E-state index contributed by atoms with van der Waals surface area (Å²) in [6.07, 6.45) is 2.45. The standard InChI is InChI=1S/C14H17FN2O/c1-10(17)11-2-3-13(12(15)8-11)18-9-14(4-5-14)6-7-16/h2-3,8,10H,4-6,9,17H2,1H3/t10-/m1/s1. The predicted molar refractivity (Wildman–Crippen MR) is 66.4 cm³/mol. The molecule has 0 spiro atoms. The van der Waals surface area contributed by atoms with Crippen LogP contribution in [0.25, 0.3) is 0 Å². The highest BCUT2D eigenvalue weighted by Crippen LogP contribution is 2.48. The first kappa shape index (κ1) is 12.8. The van der Waals surface area contributed by atoms with E-state index in [0.717, 1.165) is 18.4 Å². The first-order valence-corrected chi connectivity index (χ1v) is 6.11. The van der Waals surface area contributed by atoms with E-state index >= 15 is 0 Å². The minimum absolute atomic E-state index is 0.0407. The molecule has 1 aliphatic carbocycles. The summed E-state index contributed by atoms with van der Waals surface area (Å²) in [5.41, 5.74) is 6.39. The van der Waals surface area contributed by atoms with Crippen LogP contribution in [0.3, 0.4) is 0 Å². The first-order valence-electron chi connectivity index (χ1n) is 6.11. The average Bonchev–Trinajstić information content (AvgIpc) is 3.08. The molecule has 0 heterocycles. The summed E-state index contributed by atoms with van der Waals surface area (Å²) >= 11 is 0. The molecule has 2 N–H and O–H groups in total. The first-order chi connectivity index (χ1) is 8.56. The number of nitrogens with zero attached hydrogens (tertiary/aromatic N) is 1. The highest BCUT2D eigenvalue weighted by molar-refractivity contribution is 5.30. The molecule has 2 rings (SSSR count). The van der Waals surface area contributed by atoms with Crippen LogP contribution in [0.5, 0.6) is 5.75 Å². The summed E-state index contributed by atoms with van der Waals surface area (Å²) in [5, 5.41) is 8.70. The van der Waals surface area contributed by atoms with Crippen LogP contribution in [0.4, 0.5) is 4.39 Å². The van der Waals surface area contributed by atoms with Gasteiger partial charge in [0.25, 0.3) is 0 Å². The summed E-state index contributed by atoms with van der Waals surface area (Å²) in [6, 6.07) is 6.75. The van der Waals surface area contributed by atoms with Crippen LogP contribution in [-0.2, 0) is 0 Å². The Kier molecular flexibility index (Phi) is 3.53. The smallest absolute Gasteiger partial charge is 0.165 e. The van der Waals surface area contributed by atoms with Gasteiger partial charge in [-0.05, 0) is 37.5 Å². The maximum atomic E-state index is 13.7. The number of hydrogen-bond acceptors (Lipinski definition) is 3. The quantitative estimate of drug-likeness (QED) is 0.871. The van der Waals surface area contributed by atoms with Gasteiger partial charge in [-0.3, -0.25) is 0 Å². The van der Waals surface area contributed by atoms with Gasteiger partial charge in [-0.1, -0.05) is 6.07 Å². The normalized spacial score (nSPS) is 17.9. The topological polar surface area (TPSA) is 59.0 Å². The highest BCUT2D eigenvalue weighted by Gasteiger charge is 2.43. The van der Waals surface area contributed by atoms with Crippen LogP contribution < -0.4 is 10.5 Å². The van der Waals surface area contributed by atoms with E-state index in [1.807, 2.05) is 0 Å². The van der Waals surface area contributed by atoms with E-state index in [9.17, 15) is 4.39 Å². The molecular weight excluding hydrogens is 231 g/mol. The predicted octanol–water partition coefficient (Wildman–Crippen LogP) is 2.92. The molecule has 0 bridgehead atoms. The molecule has 1 saturated carbocycles. The second-order valence-electron chi connectivity index (χ2n) is 5.10. The summed E-state index contributed by atoms with van der Waals surface area (Å²) in [6.45, 7) is 2.22. The molecule has 1 aromatic carbocycles. The minimum Gasteiger partial charge on any atom is -0.490 e. The van der Waals surface area contributed by atoms with Gasteiger partial charge in [0.2, 0.25) is 0 Å². The van der Waals surface area contributed by atoms with Gasteiger partial charge < -0.3 is 10.5 Å². The number of nitriles is 1. The fourth-order valence-corrected chi connectivity index (χ4v) is 1.86. The van der Waals surface area contributed by atoms with Crippen molar-refractivity contribution < 1.29 is 9.13 Å². The molecule has 0 unspecified atom stereocenters. The van der Waals surface area contributed by atoms with Crippen molar-refractivity contribution >= 4 is 0 Å². The molecule has 0 radical (unpaired) electrons. The van der Waals surface area contributed by atoms with E-state index in [-0.39, 0.29) is 17.2 Å². The van der Waals surface area contributed by atoms with Crippen LogP contribution in [0, 0.1) is 22.6 Å². The van der Waals surface area contributed by atoms with Crippen LogP contribution in [0.1, 0.15) is 37.8 Å². The Morgan fingerprint density at radius 3 is 2.78 bits per heavy atom. The van der Waals surface area contributed by atoms with E-state index in [1.165, 1.54) is 6.07 Å².